The number of hydrazine groups is 1. The number of methoxy groups -OCH3 is 1. The van der Waals surface area contributed by atoms with E-state index in [1.165, 1.54) is 0 Å². The number of para-hydroxylation sites is 1. The summed E-state index contributed by atoms with van der Waals surface area (Å²) in [6, 6.07) is 14.5. The summed E-state index contributed by atoms with van der Waals surface area (Å²) in [7, 11) is 3.36. The number of thiocarbonyl (C=S) groups is 1. The normalized spacial score (nSPS) is 9.65. The molecule has 2 rings (SSSR count). The lowest BCUT2D eigenvalue weighted by Crippen LogP contribution is -2.43. The van der Waals surface area contributed by atoms with E-state index in [9.17, 15) is 4.79 Å². The fourth-order valence-corrected chi connectivity index (χ4v) is 2.09. The number of rotatable bonds is 4. The lowest BCUT2D eigenvalue weighted by atomic mass is 10.1. The highest BCUT2D eigenvalue weighted by molar-refractivity contribution is 7.80. The molecule has 4 N–H and O–H groups in total. The van der Waals surface area contributed by atoms with Crippen LogP contribution in [0.2, 0.25) is 0 Å². The van der Waals surface area contributed by atoms with E-state index < -0.39 is 0 Å². The van der Waals surface area contributed by atoms with Gasteiger partial charge in [0, 0.05) is 18.4 Å². The maximum absolute atomic E-state index is 12.1. The Morgan fingerprint density at radius 1 is 1.04 bits per heavy atom. The van der Waals surface area contributed by atoms with E-state index in [1.54, 1.807) is 26.3 Å². The summed E-state index contributed by atoms with van der Waals surface area (Å²) in [6.07, 6.45) is 0. The number of carbonyl (C=O) groups excluding carboxylic acids is 1. The third-order valence-electron chi connectivity index (χ3n) is 3.08. The Kier molecular flexibility index (Phi) is 5.76. The Morgan fingerprint density at radius 2 is 1.74 bits per heavy atom. The van der Waals surface area contributed by atoms with E-state index >= 15 is 0 Å². The first-order chi connectivity index (χ1) is 11.1. The molecule has 7 heteroatoms. The van der Waals surface area contributed by atoms with Crippen LogP contribution in [0.25, 0.3) is 0 Å². The second-order valence-corrected chi connectivity index (χ2v) is 4.97. The average Bonchev–Trinajstić information content (AvgIpc) is 2.60. The molecule has 0 aliphatic heterocycles. The van der Waals surface area contributed by atoms with Gasteiger partial charge in [0.2, 0.25) is 0 Å². The molecular weight excluding hydrogens is 312 g/mol. The van der Waals surface area contributed by atoms with Gasteiger partial charge >= 0.3 is 0 Å². The van der Waals surface area contributed by atoms with Crippen molar-refractivity contribution in [3.8, 4) is 5.75 Å². The predicted molar refractivity (Wildman–Crippen MR) is 95.8 cm³/mol. The van der Waals surface area contributed by atoms with Crippen LogP contribution in [-0.4, -0.2) is 25.2 Å². The lowest BCUT2D eigenvalue weighted by molar-refractivity contribution is 0.0945. The molecule has 0 aliphatic carbocycles. The van der Waals surface area contributed by atoms with Gasteiger partial charge in [-0.2, -0.15) is 0 Å². The van der Waals surface area contributed by atoms with Crippen molar-refractivity contribution < 1.29 is 9.53 Å². The third kappa shape index (κ3) is 4.58. The van der Waals surface area contributed by atoms with Crippen LogP contribution in [0.5, 0.6) is 5.75 Å². The number of anilines is 2. The van der Waals surface area contributed by atoms with E-state index in [4.69, 9.17) is 17.0 Å². The Bertz CT molecular complexity index is 689. The molecule has 0 radical (unpaired) electrons. The van der Waals surface area contributed by atoms with Crippen LogP contribution in [-0.2, 0) is 0 Å². The first kappa shape index (κ1) is 16.6. The minimum absolute atomic E-state index is 0.283. The molecular formula is C16H18N4O2S. The van der Waals surface area contributed by atoms with Crippen LogP contribution >= 0.6 is 12.2 Å². The topological polar surface area (TPSA) is 74.4 Å². The van der Waals surface area contributed by atoms with Crippen LogP contribution in [0.1, 0.15) is 10.4 Å². The van der Waals surface area contributed by atoms with E-state index in [0.717, 1.165) is 17.1 Å². The molecule has 120 valence electrons. The SMILES string of the molecule is CNc1ccccc1C(=O)NNC(=S)Nc1ccc(OC)cc1. The molecule has 0 saturated heterocycles. The van der Waals surface area contributed by atoms with Crippen LogP contribution in [0.3, 0.4) is 0 Å². The molecule has 0 aliphatic rings. The zero-order valence-electron chi connectivity index (χ0n) is 12.8. The fourth-order valence-electron chi connectivity index (χ4n) is 1.92. The maximum atomic E-state index is 12.1. The van der Waals surface area contributed by atoms with Gasteiger partial charge in [0.1, 0.15) is 5.75 Å². The van der Waals surface area contributed by atoms with E-state index in [-0.39, 0.29) is 11.0 Å². The van der Waals surface area contributed by atoms with Gasteiger partial charge < -0.3 is 15.4 Å². The number of hydrogen-bond acceptors (Lipinski definition) is 4. The summed E-state index contributed by atoms with van der Waals surface area (Å²) in [5.41, 5.74) is 7.28. The van der Waals surface area contributed by atoms with Gasteiger partial charge in [-0.15, -0.1) is 0 Å². The molecule has 0 bridgehead atoms. The Balaban J connectivity index is 1.89. The summed E-state index contributed by atoms with van der Waals surface area (Å²) < 4.78 is 5.08. The number of nitrogens with one attached hydrogen (secondary N) is 4. The summed E-state index contributed by atoms with van der Waals surface area (Å²) in [6.45, 7) is 0. The van der Waals surface area contributed by atoms with Gasteiger partial charge in [-0.05, 0) is 48.6 Å². The first-order valence-electron chi connectivity index (χ1n) is 6.92. The van der Waals surface area contributed by atoms with Gasteiger partial charge in [0.15, 0.2) is 5.11 Å². The maximum Gasteiger partial charge on any atom is 0.271 e. The molecule has 0 unspecified atom stereocenters. The standard InChI is InChI=1S/C16H18N4O2S/c1-17-14-6-4-3-5-13(14)15(21)19-20-16(23)18-11-7-9-12(22-2)10-8-11/h3-10,17H,1-2H3,(H,19,21)(H2,18,20,23). The molecule has 2 aromatic rings. The smallest absolute Gasteiger partial charge is 0.271 e. The van der Waals surface area contributed by atoms with E-state index in [1.807, 2.05) is 36.4 Å². The number of benzene rings is 2. The third-order valence-corrected chi connectivity index (χ3v) is 3.28. The monoisotopic (exact) mass is 330 g/mol. The fraction of sp³-hybridized carbons (Fsp3) is 0.125. The minimum Gasteiger partial charge on any atom is -0.497 e. The predicted octanol–water partition coefficient (Wildman–Crippen LogP) is 2.37. The van der Waals surface area contributed by atoms with Gasteiger partial charge in [0.25, 0.3) is 5.91 Å². The van der Waals surface area contributed by atoms with Gasteiger partial charge in [-0.3, -0.25) is 15.6 Å². The van der Waals surface area contributed by atoms with E-state index in [0.29, 0.717) is 5.56 Å². The summed E-state index contributed by atoms with van der Waals surface area (Å²) in [5.74, 6) is 0.472. The number of hydrogen-bond donors (Lipinski definition) is 4. The Morgan fingerprint density at radius 3 is 2.39 bits per heavy atom. The first-order valence-corrected chi connectivity index (χ1v) is 7.33. The zero-order valence-corrected chi connectivity index (χ0v) is 13.7. The average molecular weight is 330 g/mol. The van der Waals surface area contributed by atoms with Gasteiger partial charge in [-0.1, -0.05) is 12.1 Å². The molecule has 2 aromatic carbocycles. The summed E-state index contributed by atoms with van der Waals surface area (Å²) in [5, 5.41) is 6.21. The highest BCUT2D eigenvalue weighted by Crippen LogP contribution is 2.15. The van der Waals surface area contributed by atoms with Crippen molar-refractivity contribution in [3.05, 3.63) is 54.1 Å². The number of ether oxygens (including phenoxy) is 1. The quantitative estimate of drug-likeness (QED) is 0.509. The number of carbonyl (C=O) groups is 1. The molecule has 23 heavy (non-hydrogen) atoms. The molecule has 0 heterocycles. The lowest BCUT2D eigenvalue weighted by Gasteiger charge is -2.13. The van der Waals surface area contributed by atoms with Crippen molar-refractivity contribution in [3.63, 3.8) is 0 Å². The van der Waals surface area contributed by atoms with Crippen LogP contribution in [0.4, 0.5) is 11.4 Å². The van der Waals surface area contributed by atoms with Crippen LogP contribution < -0.4 is 26.2 Å². The van der Waals surface area contributed by atoms with Crippen LogP contribution in [0.15, 0.2) is 48.5 Å². The number of amides is 1. The van der Waals surface area contributed by atoms with Crippen molar-refractivity contribution in [1.82, 2.24) is 10.9 Å². The molecule has 0 aromatic heterocycles. The van der Waals surface area contributed by atoms with E-state index in [2.05, 4.69) is 21.5 Å². The summed E-state index contributed by atoms with van der Waals surface area (Å²) in [4.78, 5) is 12.1. The molecule has 1 amide bonds. The second-order valence-electron chi connectivity index (χ2n) is 4.56. The molecule has 6 nitrogen and oxygen atoms in total. The van der Waals surface area contributed by atoms with Crippen LogP contribution in [0, 0.1) is 0 Å². The molecule has 0 fully saturated rings. The summed E-state index contributed by atoms with van der Waals surface area (Å²) >= 11 is 5.14. The molecule has 0 spiro atoms. The molecule has 0 saturated carbocycles. The zero-order chi connectivity index (χ0) is 16.7. The highest BCUT2D eigenvalue weighted by atomic mass is 32.1. The minimum atomic E-state index is -0.283. The Labute approximate surface area is 140 Å². The highest BCUT2D eigenvalue weighted by Gasteiger charge is 2.09. The molecule has 0 atom stereocenters. The van der Waals surface area contributed by atoms with Crippen molar-refractivity contribution in [2.75, 3.05) is 24.8 Å². The second kappa shape index (κ2) is 8.00. The van der Waals surface area contributed by atoms with Crippen molar-refractivity contribution in [2.24, 2.45) is 0 Å². The van der Waals surface area contributed by atoms with Crippen molar-refractivity contribution >= 4 is 34.6 Å². The Hall–Kier alpha value is -2.80. The van der Waals surface area contributed by atoms with Crippen molar-refractivity contribution in [1.29, 1.82) is 0 Å². The van der Waals surface area contributed by atoms with Crippen molar-refractivity contribution in [2.45, 2.75) is 0 Å². The van der Waals surface area contributed by atoms with Gasteiger partial charge in [-0.25, -0.2) is 0 Å². The van der Waals surface area contributed by atoms with Gasteiger partial charge in [0.05, 0.1) is 12.7 Å². The largest absolute Gasteiger partial charge is 0.497 e.